The molecule has 13 rings (SSSR count). The molecule has 274 valence electrons. The number of para-hydroxylation sites is 2. The number of aromatic nitrogens is 4. The molecular formula is C54H32N4O. The lowest BCUT2D eigenvalue weighted by Crippen LogP contribution is -2.03. The van der Waals surface area contributed by atoms with Crippen molar-refractivity contribution >= 4 is 87.2 Å². The zero-order chi connectivity index (χ0) is 38.6. The number of nitrogens with zero attached hydrogens (tertiary/aromatic N) is 4. The minimum Gasteiger partial charge on any atom is -0.455 e. The molecule has 0 aliphatic rings. The van der Waals surface area contributed by atoms with Gasteiger partial charge in [0.15, 0.2) is 0 Å². The predicted molar refractivity (Wildman–Crippen MR) is 244 cm³/mol. The van der Waals surface area contributed by atoms with Gasteiger partial charge < -0.3 is 8.98 Å². The maximum atomic E-state index is 6.76. The molecule has 0 spiro atoms. The van der Waals surface area contributed by atoms with Gasteiger partial charge in [-0.05, 0) is 76.5 Å². The number of fused-ring (bicyclic) bond motifs is 14. The molecule has 0 saturated carbocycles. The van der Waals surface area contributed by atoms with Crippen molar-refractivity contribution in [1.29, 1.82) is 0 Å². The highest BCUT2D eigenvalue weighted by atomic mass is 16.3. The van der Waals surface area contributed by atoms with Crippen molar-refractivity contribution in [3.8, 4) is 34.0 Å². The predicted octanol–water partition coefficient (Wildman–Crippen LogP) is 14.2. The van der Waals surface area contributed by atoms with E-state index in [4.69, 9.17) is 14.4 Å². The van der Waals surface area contributed by atoms with Crippen molar-refractivity contribution in [2.24, 2.45) is 0 Å². The highest BCUT2D eigenvalue weighted by molar-refractivity contribution is 6.31. The van der Waals surface area contributed by atoms with Gasteiger partial charge in [-0.15, -0.1) is 0 Å². The summed E-state index contributed by atoms with van der Waals surface area (Å²) in [6.07, 6.45) is 0. The van der Waals surface area contributed by atoms with Crippen molar-refractivity contribution in [3.05, 3.63) is 194 Å². The second-order valence-electron chi connectivity index (χ2n) is 15.3. The molecule has 4 heterocycles. The van der Waals surface area contributed by atoms with Crippen LogP contribution in [0.4, 0.5) is 0 Å². The summed E-state index contributed by atoms with van der Waals surface area (Å²) in [6, 6.07) is 68.8. The zero-order valence-electron chi connectivity index (χ0n) is 31.7. The van der Waals surface area contributed by atoms with Gasteiger partial charge in [-0.25, -0.2) is 9.97 Å². The lowest BCUT2D eigenvalue weighted by Gasteiger charge is -2.13. The fourth-order valence-corrected chi connectivity index (χ4v) is 9.53. The molecule has 0 aliphatic heterocycles. The van der Waals surface area contributed by atoms with Gasteiger partial charge in [-0.3, -0.25) is 4.57 Å². The van der Waals surface area contributed by atoms with E-state index >= 15 is 0 Å². The van der Waals surface area contributed by atoms with Crippen LogP contribution < -0.4 is 0 Å². The van der Waals surface area contributed by atoms with E-state index in [0.29, 0.717) is 5.95 Å². The van der Waals surface area contributed by atoms with E-state index in [9.17, 15) is 0 Å². The Bertz CT molecular complexity index is 3820. The molecule has 0 unspecified atom stereocenters. The van der Waals surface area contributed by atoms with Crippen LogP contribution in [0.5, 0.6) is 0 Å². The molecule has 4 aromatic heterocycles. The van der Waals surface area contributed by atoms with Crippen LogP contribution in [0.2, 0.25) is 0 Å². The third-order valence-electron chi connectivity index (χ3n) is 12.1. The molecule has 59 heavy (non-hydrogen) atoms. The minimum atomic E-state index is 0.631. The highest BCUT2D eigenvalue weighted by Gasteiger charge is 2.25. The molecule has 0 saturated heterocycles. The fourth-order valence-electron chi connectivity index (χ4n) is 9.53. The topological polar surface area (TPSA) is 48.8 Å². The Hall–Kier alpha value is -8.02. The van der Waals surface area contributed by atoms with Crippen molar-refractivity contribution in [2.75, 3.05) is 0 Å². The first-order valence-electron chi connectivity index (χ1n) is 20.0. The third kappa shape index (κ3) is 4.61. The second-order valence-corrected chi connectivity index (χ2v) is 15.3. The Labute approximate surface area is 337 Å². The van der Waals surface area contributed by atoms with Crippen molar-refractivity contribution in [2.45, 2.75) is 0 Å². The first-order chi connectivity index (χ1) is 29.3. The van der Waals surface area contributed by atoms with E-state index in [1.54, 1.807) is 0 Å². The summed E-state index contributed by atoms with van der Waals surface area (Å²) in [5.74, 6) is 0.631. The van der Waals surface area contributed by atoms with Crippen LogP contribution in [0.25, 0.3) is 121 Å². The first kappa shape index (κ1) is 32.1. The normalized spacial score (nSPS) is 12.1. The smallest absolute Gasteiger partial charge is 0.235 e. The van der Waals surface area contributed by atoms with Gasteiger partial charge in [0.1, 0.15) is 11.2 Å². The van der Waals surface area contributed by atoms with Gasteiger partial charge in [0.05, 0.1) is 38.7 Å². The quantitative estimate of drug-likeness (QED) is 0.168. The van der Waals surface area contributed by atoms with Crippen LogP contribution in [0.1, 0.15) is 0 Å². The summed E-state index contributed by atoms with van der Waals surface area (Å²) in [5.41, 5.74) is 12.4. The Balaban J connectivity index is 1.16. The van der Waals surface area contributed by atoms with E-state index < -0.39 is 0 Å². The monoisotopic (exact) mass is 752 g/mol. The molecule has 0 N–H and O–H groups in total. The highest BCUT2D eigenvalue weighted by Crippen LogP contribution is 2.46. The summed E-state index contributed by atoms with van der Waals surface area (Å²) in [4.78, 5) is 10.9. The van der Waals surface area contributed by atoms with Crippen molar-refractivity contribution in [1.82, 2.24) is 19.1 Å². The zero-order valence-corrected chi connectivity index (χ0v) is 31.7. The SMILES string of the molecule is c1ccc(-c2ccc(-n3c4ccc5c6ccccc6oc5c4c4ccc5c(c6ccccc6n5-c5nc(-c6ccccc6)c6c(ccc7ccccc76)n5)c43)cc2)cc1. The molecule has 0 amide bonds. The van der Waals surface area contributed by atoms with Crippen molar-refractivity contribution < 1.29 is 4.42 Å². The molecule has 0 fully saturated rings. The number of hydrogen-bond donors (Lipinski definition) is 0. The van der Waals surface area contributed by atoms with Gasteiger partial charge in [0.25, 0.3) is 0 Å². The molecule has 0 aliphatic carbocycles. The average Bonchev–Trinajstić information content (AvgIpc) is 3.97. The molecule has 9 aromatic carbocycles. The summed E-state index contributed by atoms with van der Waals surface area (Å²) < 4.78 is 11.4. The van der Waals surface area contributed by atoms with Gasteiger partial charge in [0.2, 0.25) is 5.95 Å². The maximum Gasteiger partial charge on any atom is 0.235 e. The molecule has 5 heteroatoms. The maximum absolute atomic E-state index is 6.76. The Morgan fingerprint density at radius 3 is 1.83 bits per heavy atom. The average molecular weight is 753 g/mol. The Morgan fingerprint density at radius 1 is 0.373 bits per heavy atom. The number of rotatable bonds is 4. The summed E-state index contributed by atoms with van der Waals surface area (Å²) >= 11 is 0. The van der Waals surface area contributed by atoms with E-state index in [0.717, 1.165) is 104 Å². The number of furan rings is 1. The van der Waals surface area contributed by atoms with Gasteiger partial charge >= 0.3 is 0 Å². The molecule has 0 atom stereocenters. The van der Waals surface area contributed by atoms with E-state index in [-0.39, 0.29) is 0 Å². The lowest BCUT2D eigenvalue weighted by atomic mass is 10.0. The largest absolute Gasteiger partial charge is 0.455 e. The Morgan fingerprint density at radius 2 is 1.02 bits per heavy atom. The van der Waals surface area contributed by atoms with E-state index in [2.05, 4.69) is 197 Å². The molecule has 13 aromatic rings. The minimum absolute atomic E-state index is 0.631. The van der Waals surface area contributed by atoms with Crippen LogP contribution >= 0.6 is 0 Å². The van der Waals surface area contributed by atoms with Gasteiger partial charge in [-0.2, -0.15) is 0 Å². The van der Waals surface area contributed by atoms with E-state index in [1.165, 1.54) is 11.1 Å². The molecule has 5 nitrogen and oxygen atoms in total. The van der Waals surface area contributed by atoms with Crippen LogP contribution in [0.3, 0.4) is 0 Å². The van der Waals surface area contributed by atoms with Gasteiger partial charge in [0, 0.05) is 43.6 Å². The van der Waals surface area contributed by atoms with Crippen LogP contribution in [0.15, 0.2) is 199 Å². The molecule has 0 radical (unpaired) electrons. The van der Waals surface area contributed by atoms with Crippen LogP contribution in [-0.2, 0) is 0 Å². The summed E-state index contributed by atoms with van der Waals surface area (Å²) in [6.45, 7) is 0. The third-order valence-corrected chi connectivity index (χ3v) is 12.1. The number of benzene rings is 9. The van der Waals surface area contributed by atoms with Gasteiger partial charge in [-0.1, -0.05) is 140 Å². The lowest BCUT2D eigenvalue weighted by molar-refractivity contribution is 0.673. The second kappa shape index (κ2) is 12.2. The van der Waals surface area contributed by atoms with Crippen LogP contribution in [-0.4, -0.2) is 19.1 Å². The van der Waals surface area contributed by atoms with E-state index in [1.807, 2.05) is 6.07 Å². The summed E-state index contributed by atoms with van der Waals surface area (Å²) in [7, 11) is 0. The molecule has 0 bridgehead atoms. The standard InChI is InChI=1S/C54H32N4O/c1-3-13-33(14-4-1)34-23-26-37(27-24-34)57-46-31-28-40-39-19-10-12-22-47(39)59-53(40)50(46)42-29-32-45-49(52(42)57)41-20-9-11-21-44(41)58(45)54-55-43-30-25-35-15-7-8-18-38(35)48(43)51(56-54)36-16-5-2-6-17-36/h1-32H. The Kier molecular flexibility index (Phi) is 6.66. The number of hydrogen-bond acceptors (Lipinski definition) is 3. The van der Waals surface area contributed by atoms with Crippen molar-refractivity contribution in [3.63, 3.8) is 0 Å². The van der Waals surface area contributed by atoms with Crippen LogP contribution in [0, 0.1) is 0 Å². The summed E-state index contributed by atoms with van der Waals surface area (Å²) in [5, 5.41) is 10.1. The first-order valence-corrected chi connectivity index (χ1v) is 20.0. The fraction of sp³-hybridized carbons (Fsp3) is 0. The molecular weight excluding hydrogens is 721 g/mol.